The van der Waals surface area contributed by atoms with Crippen LogP contribution < -0.4 is 10.2 Å². The molecule has 0 aliphatic heterocycles. The number of hydrogen-bond acceptors (Lipinski definition) is 4. The summed E-state index contributed by atoms with van der Waals surface area (Å²) in [6.45, 7) is 5.70. The van der Waals surface area contributed by atoms with E-state index in [9.17, 15) is 5.11 Å². The highest BCUT2D eigenvalue weighted by atomic mass is 16.5. The Balaban J connectivity index is 1.85. The fraction of sp³-hybridized carbons (Fsp3) is 0.647. The van der Waals surface area contributed by atoms with Crippen LogP contribution in [0, 0.1) is 12.8 Å². The largest absolute Gasteiger partial charge is 0.393 e. The van der Waals surface area contributed by atoms with Gasteiger partial charge in [0, 0.05) is 39.5 Å². The minimum atomic E-state index is -0.0642. The molecule has 1 aliphatic rings. The molecule has 2 N–H and O–H groups in total. The first-order valence-corrected chi connectivity index (χ1v) is 7.78. The molecule has 0 unspecified atom stereocenters. The molecule has 1 saturated carbocycles. The molecule has 2 rings (SSSR count). The summed E-state index contributed by atoms with van der Waals surface area (Å²) in [5.74, 6) is 0.640. The van der Waals surface area contributed by atoms with E-state index in [4.69, 9.17) is 4.74 Å². The van der Waals surface area contributed by atoms with Crippen molar-refractivity contribution in [2.24, 2.45) is 5.92 Å². The standard InChI is InChI=1S/C17H28N2O2/c1-13-8-16(19(2)12-14-9-17(20)10-14)5-4-15(13)11-18-6-7-21-3/h4-5,8,14,17-18,20H,6-7,9-12H2,1-3H3. The molecular formula is C17H28N2O2. The Morgan fingerprint density at radius 2 is 2.14 bits per heavy atom. The van der Waals surface area contributed by atoms with Gasteiger partial charge >= 0.3 is 0 Å². The first-order valence-electron chi connectivity index (χ1n) is 7.78. The van der Waals surface area contributed by atoms with E-state index in [0.29, 0.717) is 5.92 Å². The third kappa shape index (κ3) is 4.70. The molecule has 0 aromatic heterocycles. The van der Waals surface area contributed by atoms with Crippen LogP contribution in [-0.4, -0.2) is 45.1 Å². The Bertz CT molecular complexity index is 444. The van der Waals surface area contributed by atoms with E-state index >= 15 is 0 Å². The molecule has 0 spiro atoms. The molecule has 0 heterocycles. The molecule has 1 aromatic rings. The summed E-state index contributed by atoms with van der Waals surface area (Å²) >= 11 is 0. The highest BCUT2D eigenvalue weighted by Crippen LogP contribution is 2.29. The number of benzene rings is 1. The second-order valence-corrected chi connectivity index (χ2v) is 6.15. The molecule has 118 valence electrons. The van der Waals surface area contributed by atoms with Gasteiger partial charge in [-0.2, -0.15) is 0 Å². The molecule has 0 amide bonds. The van der Waals surface area contributed by atoms with Gasteiger partial charge in [-0.25, -0.2) is 0 Å². The first kappa shape index (κ1) is 16.3. The summed E-state index contributed by atoms with van der Waals surface area (Å²) in [6, 6.07) is 6.65. The van der Waals surface area contributed by atoms with E-state index in [0.717, 1.165) is 39.1 Å². The number of nitrogens with zero attached hydrogens (tertiary/aromatic N) is 1. The van der Waals surface area contributed by atoms with Crippen molar-refractivity contribution in [1.29, 1.82) is 0 Å². The maximum atomic E-state index is 9.37. The molecule has 0 bridgehead atoms. The van der Waals surface area contributed by atoms with Gasteiger partial charge in [0.25, 0.3) is 0 Å². The Morgan fingerprint density at radius 1 is 1.38 bits per heavy atom. The van der Waals surface area contributed by atoms with Crippen LogP contribution in [0.1, 0.15) is 24.0 Å². The summed E-state index contributed by atoms with van der Waals surface area (Å²) < 4.78 is 5.03. The van der Waals surface area contributed by atoms with Gasteiger partial charge in [-0.15, -0.1) is 0 Å². The van der Waals surface area contributed by atoms with Crippen molar-refractivity contribution in [2.45, 2.75) is 32.4 Å². The highest BCUT2D eigenvalue weighted by molar-refractivity contribution is 5.50. The molecule has 1 aliphatic carbocycles. The zero-order valence-electron chi connectivity index (χ0n) is 13.4. The van der Waals surface area contributed by atoms with Gasteiger partial charge in [-0.05, 0) is 48.9 Å². The van der Waals surface area contributed by atoms with Crippen LogP contribution in [0.3, 0.4) is 0 Å². The summed E-state index contributed by atoms with van der Waals surface area (Å²) in [7, 11) is 3.86. The van der Waals surface area contributed by atoms with E-state index in [1.807, 2.05) is 0 Å². The van der Waals surface area contributed by atoms with Crippen molar-refractivity contribution in [3.05, 3.63) is 29.3 Å². The predicted molar refractivity (Wildman–Crippen MR) is 86.8 cm³/mol. The number of aliphatic hydroxyl groups excluding tert-OH is 1. The van der Waals surface area contributed by atoms with Gasteiger partial charge < -0.3 is 20.1 Å². The predicted octanol–water partition coefficient (Wildman–Crippen LogP) is 1.94. The average Bonchev–Trinajstić information content (AvgIpc) is 2.43. The third-order valence-electron chi connectivity index (χ3n) is 4.31. The number of methoxy groups -OCH3 is 1. The Hall–Kier alpha value is -1.10. The van der Waals surface area contributed by atoms with Crippen LogP contribution in [0.15, 0.2) is 18.2 Å². The zero-order valence-corrected chi connectivity index (χ0v) is 13.4. The molecule has 0 radical (unpaired) electrons. The molecule has 0 atom stereocenters. The highest BCUT2D eigenvalue weighted by Gasteiger charge is 2.28. The van der Waals surface area contributed by atoms with Crippen molar-refractivity contribution in [3.8, 4) is 0 Å². The average molecular weight is 292 g/mol. The SMILES string of the molecule is COCCNCc1ccc(N(C)CC2CC(O)C2)cc1C. The van der Waals surface area contributed by atoms with E-state index in [2.05, 4.69) is 42.4 Å². The molecule has 21 heavy (non-hydrogen) atoms. The number of aliphatic hydroxyl groups is 1. The number of rotatable bonds is 8. The molecule has 4 heteroatoms. The van der Waals surface area contributed by atoms with Gasteiger partial charge in [0.2, 0.25) is 0 Å². The lowest BCUT2D eigenvalue weighted by Gasteiger charge is -2.35. The van der Waals surface area contributed by atoms with Gasteiger partial charge in [-0.1, -0.05) is 6.07 Å². The van der Waals surface area contributed by atoms with Crippen LogP contribution in [0.5, 0.6) is 0 Å². The van der Waals surface area contributed by atoms with Gasteiger partial charge in [0.05, 0.1) is 12.7 Å². The van der Waals surface area contributed by atoms with E-state index in [1.54, 1.807) is 7.11 Å². The molecular weight excluding hydrogens is 264 g/mol. The fourth-order valence-corrected chi connectivity index (χ4v) is 2.86. The molecule has 0 saturated heterocycles. The van der Waals surface area contributed by atoms with Crippen molar-refractivity contribution < 1.29 is 9.84 Å². The lowest BCUT2D eigenvalue weighted by molar-refractivity contribution is 0.0465. The summed E-state index contributed by atoms with van der Waals surface area (Å²) in [4.78, 5) is 2.30. The summed E-state index contributed by atoms with van der Waals surface area (Å²) in [5, 5.41) is 12.7. The van der Waals surface area contributed by atoms with Gasteiger partial charge in [0.1, 0.15) is 0 Å². The first-order chi connectivity index (χ1) is 10.1. The van der Waals surface area contributed by atoms with Crippen molar-refractivity contribution in [3.63, 3.8) is 0 Å². The Kier molecular flexibility index (Phi) is 6.03. The second kappa shape index (κ2) is 7.78. The lowest BCUT2D eigenvalue weighted by Crippen LogP contribution is -2.37. The number of aryl methyl sites for hydroxylation is 1. The fourth-order valence-electron chi connectivity index (χ4n) is 2.86. The normalized spacial score (nSPS) is 21.1. The van der Waals surface area contributed by atoms with Crippen molar-refractivity contribution in [2.75, 3.05) is 38.8 Å². The van der Waals surface area contributed by atoms with Crippen LogP contribution in [0.25, 0.3) is 0 Å². The number of hydrogen-bond donors (Lipinski definition) is 2. The minimum Gasteiger partial charge on any atom is -0.393 e. The molecule has 1 fully saturated rings. The Labute approximate surface area is 128 Å². The van der Waals surface area contributed by atoms with Crippen molar-refractivity contribution >= 4 is 5.69 Å². The third-order valence-corrected chi connectivity index (χ3v) is 4.31. The van der Waals surface area contributed by atoms with Gasteiger partial charge in [-0.3, -0.25) is 0 Å². The topological polar surface area (TPSA) is 44.7 Å². The van der Waals surface area contributed by atoms with Crippen LogP contribution >= 0.6 is 0 Å². The zero-order chi connectivity index (χ0) is 15.2. The minimum absolute atomic E-state index is 0.0642. The van der Waals surface area contributed by atoms with Crippen LogP contribution in [-0.2, 0) is 11.3 Å². The quantitative estimate of drug-likeness (QED) is 0.719. The monoisotopic (exact) mass is 292 g/mol. The number of nitrogens with one attached hydrogen (secondary N) is 1. The number of anilines is 1. The number of ether oxygens (including phenoxy) is 1. The van der Waals surface area contributed by atoms with E-state index in [1.165, 1.54) is 16.8 Å². The van der Waals surface area contributed by atoms with Crippen LogP contribution in [0.4, 0.5) is 5.69 Å². The van der Waals surface area contributed by atoms with Crippen molar-refractivity contribution in [1.82, 2.24) is 5.32 Å². The van der Waals surface area contributed by atoms with E-state index < -0.39 is 0 Å². The van der Waals surface area contributed by atoms with E-state index in [-0.39, 0.29) is 6.10 Å². The van der Waals surface area contributed by atoms with Gasteiger partial charge in [0.15, 0.2) is 0 Å². The molecule has 4 nitrogen and oxygen atoms in total. The second-order valence-electron chi connectivity index (χ2n) is 6.15. The smallest absolute Gasteiger partial charge is 0.0587 e. The van der Waals surface area contributed by atoms with Crippen LogP contribution in [0.2, 0.25) is 0 Å². The summed E-state index contributed by atoms with van der Waals surface area (Å²) in [6.07, 6.45) is 1.83. The lowest BCUT2D eigenvalue weighted by atomic mass is 9.82. The maximum Gasteiger partial charge on any atom is 0.0587 e. The summed E-state index contributed by atoms with van der Waals surface area (Å²) in [5.41, 5.74) is 3.91. The molecule has 1 aromatic carbocycles. The maximum absolute atomic E-state index is 9.37. The Morgan fingerprint density at radius 3 is 2.76 bits per heavy atom.